The van der Waals surface area contributed by atoms with Crippen LogP contribution in [0.2, 0.25) is 0 Å². The maximum atomic E-state index is 13.1. The first-order chi connectivity index (χ1) is 9.32. The molecule has 2 N–H and O–H groups in total. The van der Waals surface area contributed by atoms with Crippen LogP contribution in [0.4, 0.5) is 18.9 Å². The Labute approximate surface area is 117 Å². The third-order valence-corrected chi connectivity index (χ3v) is 3.50. The second-order valence-corrected chi connectivity index (χ2v) is 5.82. The maximum Gasteiger partial charge on any atom is 0.416 e. The van der Waals surface area contributed by atoms with E-state index in [2.05, 4.69) is 18.7 Å². The lowest BCUT2D eigenvalue weighted by molar-refractivity contribution is -0.138. The number of nitrogens with zero attached hydrogens (tertiary/aromatic N) is 1. The molecule has 1 saturated carbocycles. The topological polar surface area (TPSA) is 29.3 Å². The van der Waals surface area contributed by atoms with Crippen molar-refractivity contribution in [3.63, 3.8) is 0 Å². The van der Waals surface area contributed by atoms with Crippen molar-refractivity contribution in [2.75, 3.05) is 11.4 Å². The first kappa shape index (κ1) is 15.2. The molecule has 0 heterocycles. The Morgan fingerprint density at radius 1 is 1.30 bits per heavy atom. The fraction of sp³-hybridized carbons (Fsp3) is 0.600. The van der Waals surface area contributed by atoms with E-state index in [0.717, 1.165) is 19.4 Å². The zero-order valence-electron chi connectivity index (χ0n) is 11.9. The van der Waals surface area contributed by atoms with Crippen molar-refractivity contribution in [3.8, 4) is 0 Å². The Morgan fingerprint density at radius 3 is 2.40 bits per heavy atom. The summed E-state index contributed by atoms with van der Waals surface area (Å²) in [5.41, 5.74) is 5.62. The Kier molecular flexibility index (Phi) is 4.28. The fourth-order valence-electron chi connectivity index (χ4n) is 2.43. The van der Waals surface area contributed by atoms with Gasteiger partial charge in [0.25, 0.3) is 0 Å². The van der Waals surface area contributed by atoms with Gasteiger partial charge in [-0.1, -0.05) is 19.9 Å². The van der Waals surface area contributed by atoms with Crippen LogP contribution in [-0.2, 0) is 12.7 Å². The molecule has 5 heteroatoms. The van der Waals surface area contributed by atoms with Crippen LogP contribution < -0.4 is 10.6 Å². The number of hydrogen-bond acceptors (Lipinski definition) is 2. The molecule has 20 heavy (non-hydrogen) atoms. The van der Waals surface area contributed by atoms with Gasteiger partial charge in [0.1, 0.15) is 0 Å². The SMILES string of the molecule is CC(C)CN(c1ccc(CN)c(C(F)(F)F)c1)C1CC1. The summed E-state index contributed by atoms with van der Waals surface area (Å²) in [6.45, 7) is 4.84. The predicted molar refractivity (Wildman–Crippen MR) is 74.5 cm³/mol. The predicted octanol–water partition coefficient (Wildman–Crippen LogP) is 3.79. The van der Waals surface area contributed by atoms with E-state index < -0.39 is 11.7 Å². The van der Waals surface area contributed by atoms with Crippen LogP contribution in [-0.4, -0.2) is 12.6 Å². The molecule has 0 bridgehead atoms. The van der Waals surface area contributed by atoms with E-state index >= 15 is 0 Å². The fourth-order valence-corrected chi connectivity index (χ4v) is 2.43. The van der Waals surface area contributed by atoms with E-state index in [0.29, 0.717) is 17.6 Å². The minimum atomic E-state index is -4.35. The van der Waals surface area contributed by atoms with Crippen molar-refractivity contribution in [2.24, 2.45) is 11.7 Å². The third kappa shape index (κ3) is 3.45. The van der Waals surface area contributed by atoms with Gasteiger partial charge < -0.3 is 10.6 Å². The lowest BCUT2D eigenvalue weighted by atomic mass is 10.0. The quantitative estimate of drug-likeness (QED) is 0.892. The summed E-state index contributed by atoms with van der Waals surface area (Å²) in [6.07, 6.45) is -2.23. The van der Waals surface area contributed by atoms with Gasteiger partial charge in [-0.15, -0.1) is 0 Å². The Bertz CT molecular complexity index is 465. The standard InChI is InChI=1S/C15H21F3N2/c1-10(2)9-20(12-5-6-12)13-4-3-11(8-19)14(7-13)15(16,17)18/h3-4,7,10,12H,5-6,8-9,19H2,1-2H3. The Balaban J connectivity index is 2.35. The second kappa shape index (κ2) is 5.64. The molecule has 0 unspecified atom stereocenters. The molecule has 1 aliphatic rings. The molecule has 1 aromatic rings. The summed E-state index contributed by atoms with van der Waals surface area (Å²) in [4.78, 5) is 2.10. The summed E-state index contributed by atoms with van der Waals surface area (Å²) in [5.74, 6) is 0.416. The van der Waals surface area contributed by atoms with Crippen LogP contribution >= 0.6 is 0 Å². The minimum absolute atomic E-state index is 0.0945. The highest BCUT2D eigenvalue weighted by molar-refractivity contribution is 5.53. The first-order valence-electron chi connectivity index (χ1n) is 6.99. The van der Waals surface area contributed by atoms with E-state index in [-0.39, 0.29) is 12.1 Å². The van der Waals surface area contributed by atoms with Crippen LogP contribution in [0, 0.1) is 5.92 Å². The lowest BCUT2D eigenvalue weighted by Gasteiger charge is -2.28. The van der Waals surface area contributed by atoms with Crippen LogP contribution in [0.15, 0.2) is 18.2 Å². The molecule has 1 fully saturated rings. The van der Waals surface area contributed by atoms with Crippen molar-refractivity contribution in [2.45, 2.75) is 45.5 Å². The van der Waals surface area contributed by atoms with Gasteiger partial charge in [-0.05, 0) is 36.5 Å². The smallest absolute Gasteiger partial charge is 0.368 e. The molecule has 112 valence electrons. The van der Waals surface area contributed by atoms with Crippen LogP contribution in [0.5, 0.6) is 0 Å². The number of hydrogen-bond donors (Lipinski definition) is 1. The normalized spacial score (nSPS) is 15.8. The molecule has 1 aliphatic carbocycles. The first-order valence-corrected chi connectivity index (χ1v) is 6.99. The van der Waals surface area contributed by atoms with Gasteiger partial charge in [-0.25, -0.2) is 0 Å². The summed E-state index contributed by atoms with van der Waals surface area (Å²) in [6, 6.07) is 4.91. The summed E-state index contributed by atoms with van der Waals surface area (Å²) in [5, 5.41) is 0. The minimum Gasteiger partial charge on any atom is -0.368 e. The van der Waals surface area contributed by atoms with Crippen LogP contribution in [0.3, 0.4) is 0 Å². The number of alkyl halides is 3. The Hall–Kier alpha value is -1.23. The van der Waals surface area contributed by atoms with Crippen molar-refractivity contribution >= 4 is 5.69 Å². The van der Waals surface area contributed by atoms with Gasteiger partial charge in [-0.2, -0.15) is 13.2 Å². The summed E-state index contributed by atoms with van der Waals surface area (Å²) < 4.78 is 39.3. The van der Waals surface area contributed by atoms with E-state index in [9.17, 15) is 13.2 Å². The number of rotatable bonds is 5. The zero-order valence-corrected chi connectivity index (χ0v) is 11.9. The third-order valence-electron chi connectivity index (χ3n) is 3.50. The molecular formula is C15H21F3N2. The average Bonchev–Trinajstić information content (AvgIpc) is 3.18. The molecule has 0 aromatic heterocycles. The number of halogens is 3. The summed E-state index contributed by atoms with van der Waals surface area (Å²) >= 11 is 0. The van der Waals surface area contributed by atoms with Gasteiger partial charge in [-0.3, -0.25) is 0 Å². The van der Waals surface area contributed by atoms with Gasteiger partial charge >= 0.3 is 6.18 Å². The number of nitrogens with two attached hydrogens (primary N) is 1. The highest BCUT2D eigenvalue weighted by Crippen LogP contribution is 2.38. The van der Waals surface area contributed by atoms with Gasteiger partial charge in [0, 0.05) is 24.8 Å². The van der Waals surface area contributed by atoms with Crippen molar-refractivity contribution in [3.05, 3.63) is 29.3 Å². The highest BCUT2D eigenvalue weighted by atomic mass is 19.4. The molecule has 0 aliphatic heterocycles. The van der Waals surface area contributed by atoms with Gasteiger partial charge in [0.15, 0.2) is 0 Å². The average molecular weight is 286 g/mol. The van der Waals surface area contributed by atoms with Crippen LogP contribution in [0.1, 0.15) is 37.8 Å². The monoisotopic (exact) mass is 286 g/mol. The molecule has 0 atom stereocenters. The van der Waals surface area contributed by atoms with Gasteiger partial charge in [0.05, 0.1) is 5.56 Å². The van der Waals surface area contributed by atoms with Crippen molar-refractivity contribution in [1.29, 1.82) is 0 Å². The number of anilines is 1. The molecular weight excluding hydrogens is 265 g/mol. The highest BCUT2D eigenvalue weighted by Gasteiger charge is 2.35. The molecule has 0 amide bonds. The Morgan fingerprint density at radius 2 is 1.95 bits per heavy atom. The van der Waals surface area contributed by atoms with Gasteiger partial charge in [0.2, 0.25) is 0 Å². The molecule has 0 spiro atoms. The number of benzene rings is 1. The maximum absolute atomic E-state index is 13.1. The van der Waals surface area contributed by atoms with E-state index in [1.165, 1.54) is 12.1 Å². The van der Waals surface area contributed by atoms with E-state index in [1.807, 2.05) is 0 Å². The largest absolute Gasteiger partial charge is 0.416 e. The molecule has 0 saturated heterocycles. The zero-order chi connectivity index (χ0) is 14.9. The second-order valence-electron chi connectivity index (χ2n) is 5.82. The molecule has 2 nitrogen and oxygen atoms in total. The molecule has 0 radical (unpaired) electrons. The van der Waals surface area contributed by atoms with Crippen LogP contribution in [0.25, 0.3) is 0 Å². The van der Waals surface area contributed by atoms with E-state index in [4.69, 9.17) is 5.73 Å². The summed E-state index contributed by atoms with van der Waals surface area (Å²) in [7, 11) is 0. The molecule has 2 rings (SSSR count). The molecule has 1 aromatic carbocycles. The lowest BCUT2D eigenvalue weighted by Crippen LogP contribution is -2.30. The van der Waals surface area contributed by atoms with Crippen molar-refractivity contribution < 1.29 is 13.2 Å². The van der Waals surface area contributed by atoms with E-state index in [1.54, 1.807) is 6.07 Å². The van der Waals surface area contributed by atoms with Crippen molar-refractivity contribution in [1.82, 2.24) is 0 Å².